The molecule has 0 atom stereocenters. The minimum Gasteiger partial charge on any atom is -0.382 e. The van der Waals surface area contributed by atoms with Crippen LogP contribution in [0.2, 0.25) is 0 Å². The number of benzene rings is 1. The molecule has 28 heavy (non-hydrogen) atoms. The van der Waals surface area contributed by atoms with Gasteiger partial charge in [-0.2, -0.15) is 5.26 Å². The van der Waals surface area contributed by atoms with Crippen LogP contribution in [0.25, 0.3) is 16.7 Å². The Hall–Kier alpha value is -3.60. The van der Waals surface area contributed by atoms with E-state index in [1.54, 1.807) is 12.1 Å². The summed E-state index contributed by atoms with van der Waals surface area (Å²) >= 11 is 0. The zero-order valence-electron chi connectivity index (χ0n) is 15.3. The Morgan fingerprint density at radius 1 is 1.18 bits per heavy atom. The minimum atomic E-state index is -0.463. The number of carbonyl (C=O) groups excluding carboxylic acids is 1. The molecular formula is C20H21N7O. The lowest BCUT2D eigenvalue weighted by atomic mass is 9.82. The van der Waals surface area contributed by atoms with Crippen LogP contribution < -0.4 is 16.8 Å². The molecule has 142 valence electrons. The van der Waals surface area contributed by atoms with E-state index in [-0.39, 0.29) is 6.04 Å². The summed E-state index contributed by atoms with van der Waals surface area (Å²) in [5.74, 6) is 0.296. The maximum Gasteiger partial charge on any atom is 0.248 e. The number of nitrogens with two attached hydrogens (primary N) is 2. The monoisotopic (exact) mass is 375 g/mol. The van der Waals surface area contributed by atoms with Crippen LogP contribution in [0, 0.1) is 11.5 Å². The first kappa shape index (κ1) is 17.8. The van der Waals surface area contributed by atoms with Gasteiger partial charge in [0.25, 0.3) is 0 Å². The van der Waals surface area contributed by atoms with E-state index >= 15 is 0 Å². The molecule has 0 spiro atoms. The first-order valence-electron chi connectivity index (χ1n) is 9.24. The second-order valence-electron chi connectivity index (χ2n) is 7.13. The summed E-state index contributed by atoms with van der Waals surface area (Å²) in [6.07, 6.45) is 9.44. The van der Waals surface area contributed by atoms with Gasteiger partial charge in [0.15, 0.2) is 12.0 Å². The Bertz CT molecular complexity index is 1060. The molecule has 1 aliphatic rings. The molecule has 0 saturated heterocycles. The maximum absolute atomic E-state index is 11.3. The van der Waals surface area contributed by atoms with Gasteiger partial charge in [-0.1, -0.05) is 0 Å². The topological polar surface area (TPSA) is 136 Å². The Morgan fingerprint density at radius 2 is 1.89 bits per heavy atom. The number of hydrogen-bond donors (Lipinski definition) is 3. The van der Waals surface area contributed by atoms with E-state index in [0.29, 0.717) is 17.3 Å². The van der Waals surface area contributed by atoms with Crippen molar-refractivity contribution in [3.63, 3.8) is 0 Å². The number of nitrogens with zero attached hydrogens (tertiary/aromatic N) is 4. The lowest BCUT2D eigenvalue weighted by Gasteiger charge is -2.27. The summed E-state index contributed by atoms with van der Waals surface area (Å²) in [5.41, 5.74) is 15.6. The highest BCUT2D eigenvalue weighted by Crippen LogP contribution is 2.38. The molecular weight excluding hydrogens is 354 g/mol. The number of nitriles is 1. The van der Waals surface area contributed by atoms with Gasteiger partial charge in [-0.25, -0.2) is 9.97 Å². The van der Waals surface area contributed by atoms with Crippen molar-refractivity contribution in [2.75, 3.05) is 5.73 Å². The third-order valence-corrected chi connectivity index (χ3v) is 5.50. The number of aromatic nitrogens is 3. The van der Waals surface area contributed by atoms with Crippen molar-refractivity contribution in [2.24, 2.45) is 5.73 Å². The lowest BCUT2D eigenvalue weighted by Crippen LogP contribution is -2.29. The summed E-state index contributed by atoms with van der Waals surface area (Å²) in [6, 6.07) is 7.31. The van der Waals surface area contributed by atoms with Crippen LogP contribution >= 0.6 is 0 Å². The molecule has 0 bridgehead atoms. The normalized spacial score (nSPS) is 19.2. The van der Waals surface area contributed by atoms with Crippen molar-refractivity contribution in [3.8, 4) is 11.9 Å². The number of nitrogen functional groups attached to an aromatic ring is 1. The highest BCUT2D eigenvalue weighted by atomic mass is 16.1. The van der Waals surface area contributed by atoms with Crippen molar-refractivity contribution in [3.05, 3.63) is 47.9 Å². The molecule has 0 aliphatic heterocycles. The van der Waals surface area contributed by atoms with Crippen LogP contribution in [0.4, 0.5) is 5.82 Å². The van der Waals surface area contributed by atoms with E-state index in [4.69, 9.17) is 16.7 Å². The van der Waals surface area contributed by atoms with Crippen molar-refractivity contribution >= 4 is 22.8 Å². The van der Waals surface area contributed by atoms with Crippen molar-refractivity contribution in [2.45, 2.75) is 37.6 Å². The molecule has 1 fully saturated rings. The van der Waals surface area contributed by atoms with Crippen LogP contribution in [0.5, 0.6) is 0 Å². The number of nitrogens with one attached hydrogen (secondary N) is 1. The molecule has 1 saturated carbocycles. The highest BCUT2D eigenvalue weighted by molar-refractivity contribution is 5.93. The molecule has 0 unspecified atom stereocenters. The van der Waals surface area contributed by atoms with E-state index in [1.165, 1.54) is 6.33 Å². The summed E-state index contributed by atoms with van der Waals surface area (Å²) in [7, 11) is 0. The Balaban J connectivity index is 1.75. The van der Waals surface area contributed by atoms with E-state index in [9.17, 15) is 4.79 Å². The fourth-order valence-corrected chi connectivity index (χ4v) is 4.03. The van der Waals surface area contributed by atoms with Crippen molar-refractivity contribution in [1.29, 1.82) is 5.26 Å². The van der Waals surface area contributed by atoms with Gasteiger partial charge in [0.2, 0.25) is 5.91 Å². The van der Waals surface area contributed by atoms with Crippen LogP contribution in [0.3, 0.4) is 0 Å². The molecule has 1 aromatic carbocycles. The molecule has 1 amide bonds. The Morgan fingerprint density at radius 3 is 2.54 bits per heavy atom. The number of carbonyl (C=O) groups is 1. The summed E-state index contributed by atoms with van der Waals surface area (Å²) in [4.78, 5) is 20.0. The number of amides is 1. The Kier molecular flexibility index (Phi) is 4.57. The van der Waals surface area contributed by atoms with Gasteiger partial charge >= 0.3 is 0 Å². The molecule has 2 aromatic heterocycles. The van der Waals surface area contributed by atoms with Gasteiger partial charge in [0, 0.05) is 23.5 Å². The number of rotatable bonds is 4. The van der Waals surface area contributed by atoms with E-state index in [1.807, 2.05) is 22.9 Å². The van der Waals surface area contributed by atoms with Gasteiger partial charge < -0.3 is 21.4 Å². The van der Waals surface area contributed by atoms with E-state index in [0.717, 1.165) is 48.0 Å². The fraction of sp³-hybridized carbons (Fsp3) is 0.300. The third kappa shape index (κ3) is 3.11. The maximum atomic E-state index is 11.3. The number of hydrogen-bond acceptors (Lipinski definition) is 6. The second kappa shape index (κ2) is 7.19. The number of fused-ring (bicyclic) bond motifs is 1. The van der Waals surface area contributed by atoms with Gasteiger partial charge in [-0.15, -0.1) is 0 Å². The molecule has 4 rings (SSSR count). The van der Waals surface area contributed by atoms with Crippen molar-refractivity contribution < 1.29 is 4.79 Å². The standard InChI is InChI=1S/C20H21N7O/c21-10-24-14-5-1-12(2-6-14)16-9-27(18-17(16)25-11-26-19(18)22)15-7-3-13(4-8-15)20(23)28/h3-4,7-9,11-12,14,24H,1-2,5-6H2,(H2,23,28)(H2,22,25,26). The minimum absolute atomic E-state index is 0.246. The van der Waals surface area contributed by atoms with Gasteiger partial charge in [0.05, 0.1) is 5.52 Å². The van der Waals surface area contributed by atoms with Gasteiger partial charge in [-0.3, -0.25) is 4.79 Å². The lowest BCUT2D eigenvalue weighted by molar-refractivity contribution is 0.100. The van der Waals surface area contributed by atoms with Crippen LogP contribution in [0.1, 0.15) is 47.5 Å². The summed E-state index contributed by atoms with van der Waals surface area (Å²) in [6.45, 7) is 0. The smallest absolute Gasteiger partial charge is 0.248 e. The average Bonchev–Trinajstić information content (AvgIpc) is 3.10. The second-order valence-corrected chi connectivity index (χ2v) is 7.13. The number of anilines is 1. The number of primary amides is 1. The van der Waals surface area contributed by atoms with Crippen LogP contribution in [0.15, 0.2) is 36.8 Å². The van der Waals surface area contributed by atoms with Crippen molar-refractivity contribution in [1.82, 2.24) is 19.9 Å². The molecule has 8 nitrogen and oxygen atoms in total. The predicted molar refractivity (Wildman–Crippen MR) is 106 cm³/mol. The van der Waals surface area contributed by atoms with Gasteiger partial charge in [-0.05, 0) is 61.4 Å². The third-order valence-electron chi connectivity index (χ3n) is 5.50. The zero-order chi connectivity index (χ0) is 19.7. The predicted octanol–water partition coefficient (Wildman–Crippen LogP) is 2.20. The molecule has 5 N–H and O–H groups in total. The molecule has 0 radical (unpaired) electrons. The average molecular weight is 375 g/mol. The Labute approximate surface area is 162 Å². The summed E-state index contributed by atoms with van der Waals surface area (Å²) < 4.78 is 1.98. The van der Waals surface area contributed by atoms with E-state index < -0.39 is 5.91 Å². The molecule has 1 aliphatic carbocycles. The molecule has 3 aromatic rings. The first-order chi connectivity index (χ1) is 13.6. The van der Waals surface area contributed by atoms with Gasteiger partial charge in [0.1, 0.15) is 11.8 Å². The van der Waals surface area contributed by atoms with E-state index in [2.05, 4.69) is 21.5 Å². The highest BCUT2D eigenvalue weighted by Gasteiger charge is 2.26. The van der Waals surface area contributed by atoms with Crippen LogP contribution in [-0.4, -0.2) is 26.5 Å². The molecule has 8 heteroatoms. The van der Waals surface area contributed by atoms with Crippen LogP contribution in [-0.2, 0) is 0 Å². The quantitative estimate of drug-likeness (QED) is 0.472. The fourth-order valence-electron chi connectivity index (χ4n) is 4.03. The molecule has 2 heterocycles. The largest absolute Gasteiger partial charge is 0.382 e. The summed E-state index contributed by atoms with van der Waals surface area (Å²) in [5, 5.41) is 11.7. The zero-order valence-corrected chi connectivity index (χ0v) is 15.3. The first-order valence-corrected chi connectivity index (χ1v) is 9.24. The SMILES string of the molecule is N#CNC1CCC(c2cn(-c3ccc(C(N)=O)cc3)c3c(N)ncnc23)CC1.